The first-order chi connectivity index (χ1) is 9.19. The predicted molar refractivity (Wildman–Crippen MR) is 81.6 cm³/mol. The van der Waals surface area contributed by atoms with Crippen LogP contribution in [0.4, 0.5) is 11.6 Å². The number of rotatable bonds is 5. The summed E-state index contributed by atoms with van der Waals surface area (Å²) < 4.78 is 6.41. The molecule has 6 nitrogen and oxygen atoms in total. The molecular weight excluding hydrogens is 361 g/mol. The maximum atomic E-state index is 9.34. The third-order valence-corrected chi connectivity index (χ3v) is 3.46. The number of halogens is 1. The molecule has 0 saturated carbocycles. The largest absolute Gasteiger partial charge is 0.394 e. The van der Waals surface area contributed by atoms with Gasteiger partial charge in [0.25, 0.3) is 0 Å². The summed E-state index contributed by atoms with van der Waals surface area (Å²) in [6, 6.07) is 3.94. The van der Waals surface area contributed by atoms with Crippen molar-refractivity contribution in [3.63, 3.8) is 0 Å². The minimum atomic E-state index is -0.772. The lowest BCUT2D eigenvalue weighted by molar-refractivity contribution is 0.105. The fraction of sp³-hybridized carbons (Fsp3) is 0.583. The van der Waals surface area contributed by atoms with E-state index >= 15 is 0 Å². The normalized spacial score (nSPS) is 17.3. The molecule has 7 heteroatoms. The fourth-order valence-corrected chi connectivity index (χ4v) is 2.39. The average Bonchev–Trinajstić information content (AvgIpc) is 2.45. The Morgan fingerprint density at radius 3 is 2.84 bits per heavy atom. The van der Waals surface area contributed by atoms with Crippen LogP contribution in [0.2, 0.25) is 0 Å². The van der Waals surface area contributed by atoms with Gasteiger partial charge in [-0.2, -0.15) is 0 Å². The van der Waals surface area contributed by atoms with Crippen molar-refractivity contribution in [2.75, 3.05) is 49.7 Å². The zero-order valence-electron chi connectivity index (χ0n) is 10.5. The number of hydrogen-bond donors (Lipinski definition) is 3. The highest BCUT2D eigenvalue weighted by atomic mass is 127. The molecule has 0 aliphatic carbocycles. The van der Waals surface area contributed by atoms with Crippen molar-refractivity contribution in [2.45, 2.75) is 6.10 Å². The molecule has 1 aliphatic heterocycles. The molecule has 3 N–H and O–H groups in total. The summed E-state index contributed by atoms with van der Waals surface area (Å²) in [4.78, 5) is 6.71. The van der Waals surface area contributed by atoms with E-state index in [-0.39, 0.29) is 13.2 Å². The number of ether oxygens (including phenoxy) is 1. The molecular formula is C12H18IN3O3. The molecule has 1 aromatic heterocycles. The van der Waals surface area contributed by atoms with Crippen molar-refractivity contribution in [1.82, 2.24) is 4.98 Å². The molecule has 1 aromatic rings. The average molecular weight is 379 g/mol. The molecule has 2 heterocycles. The zero-order chi connectivity index (χ0) is 13.7. The summed E-state index contributed by atoms with van der Waals surface area (Å²) in [5, 5.41) is 21.2. The Morgan fingerprint density at radius 1 is 1.42 bits per heavy atom. The number of aliphatic hydroxyl groups excluding tert-OH is 2. The van der Waals surface area contributed by atoms with Crippen molar-refractivity contribution in [2.24, 2.45) is 0 Å². The highest BCUT2D eigenvalue weighted by Gasteiger charge is 2.14. The first-order valence-corrected chi connectivity index (χ1v) is 7.30. The lowest BCUT2D eigenvalue weighted by Crippen LogP contribution is -2.37. The van der Waals surface area contributed by atoms with Crippen molar-refractivity contribution in [3.05, 3.63) is 15.7 Å². The summed E-state index contributed by atoms with van der Waals surface area (Å²) in [5.41, 5.74) is 0. The van der Waals surface area contributed by atoms with Crippen molar-refractivity contribution in [3.8, 4) is 0 Å². The summed E-state index contributed by atoms with van der Waals surface area (Å²) >= 11 is 2.24. The van der Waals surface area contributed by atoms with E-state index in [2.05, 4.69) is 37.8 Å². The SMILES string of the molecule is OCC(O)CNc1cc(I)cc(N2CCOCC2)n1. The molecule has 1 fully saturated rings. The van der Waals surface area contributed by atoms with Gasteiger partial charge in [-0.25, -0.2) is 4.98 Å². The molecule has 1 unspecified atom stereocenters. The highest BCUT2D eigenvalue weighted by molar-refractivity contribution is 14.1. The van der Waals surface area contributed by atoms with Gasteiger partial charge in [0.15, 0.2) is 0 Å². The Labute approximate surface area is 125 Å². The van der Waals surface area contributed by atoms with E-state index in [0.29, 0.717) is 5.82 Å². The number of aliphatic hydroxyl groups is 2. The lowest BCUT2D eigenvalue weighted by atomic mass is 10.3. The van der Waals surface area contributed by atoms with Crippen molar-refractivity contribution in [1.29, 1.82) is 0 Å². The Hall–Kier alpha value is -0.640. The Kier molecular flexibility index (Phi) is 5.61. The number of anilines is 2. The number of hydrogen-bond acceptors (Lipinski definition) is 6. The minimum Gasteiger partial charge on any atom is -0.394 e. The molecule has 1 atom stereocenters. The lowest BCUT2D eigenvalue weighted by Gasteiger charge is -2.28. The van der Waals surface area contributed by atoms with Gasteiger partial charge in [0, 0.05) is 23.2 Å². The summed E-state index contributed by atoms with van der Waals surface area (Å²) in [5.74, 6) is 1.62. The third-order valence-electron chi connectivity index (χ3n) is 2.84. The van der Waals surface area contributed by atoms with Crippen LogP contribution in [-0.2, 0) is 4.74 Å². The molecule has 106 valence electrons. The molecule has 0 aromatic carbocycles. The van der Waals surface area contributed by atoms with Crippen LogP contribution in [-0.4, -0.2) is 60.8 Å². The van der Waals surface area contributed by atoms with Gasteiger partial charge in [-0.15, -0.1) is 0 Å². The first-order valence-electron chi connectivity index (χ1n) is 6.22. The van der Waals surface area contributed by atoms with Crippen LogP contribution in [0.1, 0.15) is 0 Å². The molecule has 2 rings (SSSR count). The monoisotopic (exact) mass is 379 g/mol. The summed E-state index contributed by atoms with van der Waals surface area (Å²) in [6.07, 6.45) is -0.772. The highest BCUT2D eigenvalue weighted by Crippen LogP contribution is 2.20. The summed E-state index contributed by atoms with van der Waals surface area (Å²) in [7, 11) is 0. The number of morpholine rings is 1. The van der Waals surface area contributed by atoms with Gasteiger partial charge < -0.3 is 25.2 Å². The second-order valence-corrected chi connectivity index (χ2v) is 5.59. The van der Waals surface area contributed by atoms with Crippen molar-refractivity contribution < 1.29 is 14.9 Å². The maximum absolute atomic E-state index is 9.34. The van der Waals surface area contributed by atoms with E-state index in [9.17, 15) is 5.11 Å². The second kappa shape index (κ2) is 7.22. The number of nitrogens with zero attached hydrogens (tertiary/aromatic N) is 2. The number of nitrogens with one attached hydrogen (secondary N) is 1. The summed E-state index contributed by atoms with van der Waals surface area (Å²) in [6.45, 7) is 3.15. The second-order valence-electron chi connectivity index (χ2n) is 4.35. The van der Waals surface area contributed by atoms with Gasteiger partial charge in [0.1, 0.15) is 11.6 Å². The molecule has 19 heavy (non-hydrogen) atoms. The molecule has 0 amide bonds. The standard InChI is InChI=1S/C12H18IN3O3/c13-9-5-11(14-7-10(18)8-17)15-12(6-9)16-1-3-19-4-2-16/h5-6,10,17-18H,1-4,7-8H2,(H,14,15). The molecule has 1 saturated heterocycles. The predicted octanol–water partition coefficient (Wildman–Crippen LogP) is 0.288. The smallest absolute Gasteiger partial charge is 0.132 e. The Morgan fingerprint density at radius 2 is 2.16 bits per heavy atom. The van der Waals surface area contributed by atoms with Crippen LogP contribution in [0.5, 0.6) is 0 Å². The van der Waals surface area contributed by atoms with Gasteiger partial charge in [0.2, 0.25) is 0 Å². The van der Waals surface area contributed by atoms with E-state index < -0.39 is 6.10 Å². The molecule has 0 bridgehead atoms. The maximum Gasteiger partial charge on any atom is 0.132 e. The molecule has 1 aliphatic rings. The third kappa shape index (κ3) is 4.44. The van der Waals surface area contributed by atoms with Crippen LogP contribution in [0.15, 0.2) is 12.1 Å². The van der Waals surface area contributed by atoms with E-state index in [1.54, 1.807) is 0 Å². The van der Waals surface area contributed by atoms with Crippen molar-refractivity contribution >= 4 is 34.2 Å². The topological polar surface area (TPSA) is 77.9 Å². The number of pyridine rings is 1. The van der Waals surface area contributed by atoms with E-state index in [1.807, 2.05) is 12.1 Å². The Bertz CT molecular complexity index is 413. The van der Waals surface area contributed by atoms with Gasteiger partial charge in [-0.3, -0.25) is 0 Å². The first kappa shape index (κ1) is 14.8. The van der Waals surface area contributed by atoms with Crippen LogP contribution >= 0.6 is 22.6 Å². The quantitative estimate of drug-likeness (QED) is 0.639. The Balaban J connectivity index is 2.05. The van der Waals surface area contributed by atoms with Crippen LogP contribution < -0.4 is 10.2 Å². The van der Waals surface area contributed by atoms with Gasteiger partial charge in [0.05, 0.1) is 25.9 Å². The van der Waals surface area contributed by atoms with E-state index in [1.165, 1.54) is 0 Å². The van der Waals surface area contributed by atoms with Crippen LogP contribution in [0.3, 0.4) is 0 Å². The van der Waals surface area contributed by atoms with Crippen LogP contribution in [0, 0.1) is 3.57 Å². The van der Waals surface area contributed by atoms with E-state index in [4.69, 9.17) is 9.84 Å². The van der Waals surface area contributed by atoms with Crippen LogP contribution in [0.25, 0.3) is 0 Å². The van der Waals surface area contributed by atoms with E-state index in [0.717, 1.165) is 35.7 Å². The zero-order valence-corrected chi connectivity index (χ0v) is 12.7. The molecule has 0 radical (unpaired) electrons. The minimum absolute atomic E-state index is 0.257. The van der Waals surface area contributed by atoms with Gasteiger partial charge in [-0.1, -0.05) is 0 Å². The molecule has 0 spiro atoms. The van der Waals surface area contributed by atoms with Gasteiger partial charge >= 0.3 is 0 Å². The van der Waals surface area contributed by atoms with Gasteiger partial charge in [-0.05, 0) is 34.7 Å². The fourth-order valence-electron chi connectivity index (χ4n) is 1.82. The number of aromatic nitrogens is 1.